The monoisotopic (exact) mass is 281 g/mol. The fraction of sp³-hybridized carbons (Fsp3) is 0.125. The smallest absolute Gasteiger partial charge is 0.248 e. The summed E-state index contributed by atoms with van der Waals surface area (Å²) in [4.78, 5) is 11.1. The van der Waals surface area contributed by atoms with Crippen molar-refractivity contribution in [2.24, 2.45) is 5.73 Å². The van der Waals surface area contributed by atoms with E-state index in [0.717, 1.165) is 11.1 Å². The number of nitrogens with two attached hydrogens (primary N) is 2. The van der Waals surface area contributed by atoms with E-state index in [0.29, 0.717) is 22.6 Å². The highest BCUT2D eigenvalue weighted by Crippen LogP contribution is 2.22. The second kappa shape index (κ2) is 5.97. The molecule has 0 unspecified atom stereocenters. The van der Waals surface area contributed by atoms with Crippen molar-refractivity contribution in [2.45, 2.75) is 13.5 Å². The molecule has 0 bridgehead atoms. The second-order valence-corrected chi connectivity index (χ2v) is 4.66. The number of anilines is 1. The van der Waals surface area contributed by atoms with Crippen LogP contribution in [0.15, 0.2) is 36.4 Å². The topological polar surface area (TPSA) is 102 Å². The van der Waals surface area contributed by atoms with Gasteiger partial charge in [0.25, 0.3) is 0 Å². The average Bonchev–Trinajstić information content (AvgIpc) is 2.47. The van der Waals surface area contributed by atoms with Crippen LogP contribution >= 0.6 is 0 Å². The van der Waals surface area contributed by atoms with E-state index in [1.165, 1.54) is 6.07 Å². The Balaban J connectivity index is 2.17. The van der Waals surface area contributed by atoms with Crippen LogP contribution in [-0.2, 0) is 6.61 Å². The zero-order chi connectivity index (χ0) is 15.4. The standard InChI is InChI=1S/C16H15N3O2/c1-10-2-3-11(8-17)6-15(10)21-9-13-5-4-12(16(19)20)7-14(13)18/h2-7H,9,18H2,1H3,(H2,19,20). The zero-order valence-electron chi connectivity index (χ0n) is 11.6. The molecule has 21 heavy (non-hydrogen) atoms. The molecular formula is C16H15N3O2. The van der Waals surface area contributed by atoms with E-state index in [1.807, 2.05) is 13.0 Å². The van der Waals surface area contributed by atoms with Gasteiger partial charge in [-0.15, -0.1) is 0 Å². The van der Waals surface area contributed by atoms with Crippen molar-refractivity contribution in [3.63, 3.8) is 0 Å². The largest absolute Gasteiger partial charge is 0.489 e. The van der Waals surface area contributed by atoms with E-state index in [9.17, 15) is 4.79 Å². The number of benzene rings is 2. The van der Waals surface area contributed by atoms with Gasteiger partial charge in [0.05, 0.1) is 11.6 Å². The van der Waals surface area contributed by atoms with Crippen LogP contribution < -0.4 is 16.2 Å². The van der Waals surface area contributed by atoms with Crippen molar-refractivity contribution in [1.82, 2.24) is 0 Å². The van der Waals surface area contributed by atoms with Gasteiger partial charge in [0.2, 0.25) is 5.91 Å². The zero-order valence-corrected chi connectivity index (χ0v) is 11.6. The Hall–Kier alpha value is -3.00. The molecule has 0 radical (unpaired) electrons. The molecule has 0 aliphatic rings. The highest BCUT2D eigenvalue weighted by molar-refractivity contribution is 5.93. The number of aryl methyl sites for hydroxylation is 1. The van der Waals surface area contributed by atoms with Crippen molar-refractivity contribution < 1.29 is 9.53 Å². The van der Waals surface area contributed by atoms with Crippen molar-refractivity contribution in [2.75, 3.05) is 5.73 Å². The fourth-order valence-corrected chi connectivity index (χ4v) is 1.86. The Morgan fingerprint density at radius 1 is 1.29 bits per heavy atom. The lowest BCUT2D eigenvalue weighted by Crippen LogP contribution is -2.12. The molecule has 2 rings (SSSR count). The highest BCUT2D eigenvalue weighted by atomic mass is 16.5. The molecule has 0 saturated heterocycles. The van der Waals surface area contributed by atoms with Crippen LogP contribution in [0, 0.1) is 18.3 Å². The van der Waals surface area contributed by atoms with E-state index in [2.05, 4.69) is 6.07 Å². The summed E-state index contributed by atoms with van der Waals surface area (Å²) in [6, 6.07) is 12.2. The van der Waals surface area contributed by atoms with Gasteiger partial charge in [0, 0.05) is 16.8 Å². The van der Waals surface area contributed by atoms with Gasteiger partial charge in [-0.05, 0) is 36.8 Å². The maximum atomic E-state index is 11.1. The number of amides is 1. The van der Waals surface area contributed by atoms with Gasteiger partial charge in [0.15, 0.2) is 0 Å². The molecule has 0 aliphatic heterocycles. The number of ether oxygens (including phenoxy) is 1. The van der Waals surface area contributed by atoms with Crippen LogP contribution in [0.25, 0.3) is 0 Å². The Kier molecular flexibility index (Phi) is 4.10. The summed E-state index contributed by atoms with van der Waals surface area (Å²) < 4.78 is 5.70. The molecule has 0 fully saturated rings. The molecule has 0 atom stereocenters. The van der Waals surface area contributed by atoms with Crippen LogP contribution in [0.2, 0.25) is 0 Å². The number of nitrogens with zero attached hydrogens (tertiary/aromatic N) is 1. The summed E-state index contributed by atoms with van der Waals surface area (Å²) in [5.74, 6) is 0.110. The van der Waals surface area contributed by atoms with E-state index < -0.39 is 5.91 Å². The van der Waals surface area contributed by atoms with Crippen molar-refractivity contribution in [1.29, 1.82) is 5.26 Å². The normalized spacial score (nSPS) is 9.90. The van der Waals surface area contributed by atoms with Gasteiger partial charge in [0.1, 0.15) is 12.4 Å². The summed E-state index contributed by atoms with van der Waals surface area (Å²) >= 11 is 0. The highest BCUT2D eigenvalue weighted by Gasteiger charge is 2.07. The van der Waals surface area contributed by atoms with Crippen LogP contribution in [0.4, 0.5) is 5.69 Å². The molecule has 1 amide bonds. The minimum Gasteiger partial charge on any atom is -0.489 e. The molecule has 0 spiro atoms. The molecule has 2 aromatic carbocycles. The van der Waals surface area contributed by atoms with E-state index in [4.69, 9.17) is 21.5 Å². The number of hydrogen-bond donors (Lipinski definition) is 2. The number of hydrogen-bond acceptors (Lipinski definition) is 4. The minimum absolute atomic E-state index is 0.251. The quantitative estimate of drug-likeness (QED) is 0.838. The van der Waals surface area contributed by atoms with Crippen LogP contribution in [-0.4, -0.2) is 5.91 Å². The number of carbonyl (C=O) groups excluding carboxylic acids is 1. The van der Waals surface area contributed by atoms with Gasteiger partial charge < -0.3 is 16.2 Å². The van der Waals surface area contributed by atoms with Gasteiger partial charge in [-0.25, -0.2) is 0 Å². The van der Waals surface area contributed by atoms with Gasteiger partial charge >= 0.3 is 0 Å². The third-order valence-electron chi connectivity index (χ3n) is 3.13. The van der Waals surface area contributed by atoms with Gasteiger partial charge in [-0.2, -0.15) is 5.26 Å². The number of rotatable bonds is 4. The SMILES string of the molecule is Cc1ccc(C#N)cc1OCc1ccc(C(N)=O)cc1N. The molecule has 5 heteroatoms. The predicted octanol–water partition coefficient (Wildman–Crippen LogP) is 2.13. The van der Waals surface area contributed by atoms with Crippen LogP contribution in [0.1, 0.15) is 27.0 Å². The first-order valence-corrected chi connectivity index (χ1v) is 6.33. The first-order valence-electron chi connectivity index (χ1n) is 6.33. The maximum absolute atomic E-state index is 11.1. The summed E-state index contributed by atoms with van der Waals surface area (Å²) in [5.41, 5.74) is 14.1. The van der Waals surface area contributed by atoms with Crippen LogP contribution in [0.3, 0.4) is 0 Å². The molecule has 0 saturated carbocycles. The molecule has 2 aromatic rings. The van der Waals surface area contributed by atoms with Crippen molar-refractivity contribution in [3.8, 4) is 11.8 Å². The van der Waals surface area contributed by atoms with Crippen molar-refractivity contribution in [3.05, 3.63) is 58.7 Å². The first-order chi connectivity index (χ1) is 10.0. The molecule has 0 aliphatic carbocycles. The Morgan fingerprint density at radius 2 is 2.05 bits per heavy atom. The first kappa shape index (κ1) is 14.4. The number of nitriles is 1. The molecular weight excluding hydrogens is 266 g/mol. The second-order valence-electron chi connectivity index (χ2n) is 4.66. The van der Waals surface area contributed by atoms with Crippen molar-refractivity contribution >= 4 is 11.6 Å². The van der Waals surface area contributed by atoms with Crippen LogP contribution in [0.5, 0.6) is 5.75 Å². The lowest BCUT2D eigenvalue weighted by Gasteiger charge is -2.11. The lowest BCUT2D eigenvalue weighted by atomic mass is 10.1. The number of nitrogen functional groups attached to an aromatic ring is 1. The fourth-order valence-electron chi connectivity index (χ4n) is 1.86. The molecule has 0 aromatic heterocycles. The summed E-state index contributed by atoms with van der Waals surface area (Å²) in [6.45, 7) is 2.15. The number of primary amides is 1. The number of carbonyl (C=O) groups is 1. The summed E-state index contributed by atoms with van der Waals surface area (Å²) in [7, 11) is 0. The van der Waals surface area contributed by atoms with Gasteiger partial charge in [-0.3, -0.25) is 4.79 Å². The van der Waals surface area contributed by atoms with E-state index >= 15 is 0 Å². The average molecular weight is 281 g/mol. The van der Waals surface area contributed by atoms with E-state index in [-0.39, 0.29) is 6.61 Å². The molecule has 0 heterocycles. The third kappa shape index (κ3) is 3.31. The third-order valence-corrected chi connectivity index (χ3v) is 3.13. The Bertz CT molecular complexity index is 733. The van der Waals surface area contributed by atoms with E-state index in [1.54, 1.807) is 24.3 Å². The molecule has 106 valence electrons. The Labute approximate surface area is 122 Å². The Morgan fingerprint density at radius 3 is 2.67 bits per heavy atom. The molecule has 5 nitrogen and oxygen atoms in total. The minimum atomic E-state index is -0.522. The van der Waals surface area contributed by atoms with Gasteiger partial charge in [-0.1, -0.05) is 12.1 Å². The summed E-state index contributed by atoms with van der Waals surface area (Å²) in [5, 5.41) is 8.90. The maximum Gasteiger partial charge on any atom is 0.248 e. The summed E-state index contributed by atoms with van der Waals surface area (Å²) in [6.07, 6.45) is 0. The molecule has 4 N–H and O–H groups in total. The predicted molar refractivity (Wildman–Crippen MR) is 79.6 cm³/mol. The lowest BCUT2D eigenvalue weighted by molar-refractivity contribution is 0.100.